The van der Waals surface area contributed by atoms with Gasteiger partial charge in [0.2, 0.25) is 5.91 Å². The fraction of sp³-hybridized carbons (Fsp3) is 0.364. The van der Waals surface area contributed by atoms with Crippen LogP contribution in [0, 0.1) is 0 Å². The van der Waals surface area contributed by atoms with Crippen LogP contribution >= 0.6 is 11.6 Å². The topological polar surface area (TPSA) is 99.7 Å². The first-order chi connectivity index (χ1) is 14.8. The molecular formula is C22H27ClN4O3S. The van der Waals surface area contributed by atoms with E-state index < -0.39 is 10.0 Å². The Morgan fingerprint density at radius 3 is 2.68 bits per heavy atom. The monoisotopic (exact) mass is 462 g/mol. The number of anilines is 1. The number of aliphatic imine (C=N–C) groups is 1. The summed E-state index contributed by atoms with van der Waals surface area (Å²) in [5, 5.41) is 6.54. The van der Waals surface area contributed by atoms with Crippen molar-refractivity contribution in [2.24, 2.45) is 4.99 Å². The standard InChI is InChI=1S/C22H27ClN4O3S/c1-16(17-9-11-18(23)12-10-17)25-15-22(28)26-19-6-5-7-20(14-19)31(29,30)27-21-8-3-2-4-13-24-21/h5-7,9-12,14,16,25H,2-4,8,13,15H2,1H3,(H,24,27)(H,26,28). The second kappa shape index (κ2) is 10.7. The minimum atomic E-state index is -3.76. The molecule has 2 aromatic carbocycles. The molecule has 0 aromatic heterocycles. The summed E-state index contributed by atoms with van der Waals surface area (Å²) < 4.78 is 28.0. The molecule has 0 saturated carbocycles. The van der Waals surface area contributed by atoms with Crippen LogP contribution in [0.3, 0.4) is 0 Å². The molecule has 0 radical (unpaired) electrons. The fourth-order valence-corrected chi connectivity index (χ4v) is 4.49. The molecule has 1 atom stereocenters. The van der Waals surface area contributed by atoms with Crippen LogP contribution in [0.5, 0.6) is 0 Å². The first-order valence-electron chi connectivity index (χ1n) is 10.3. The molecule has 3 N–H and O–H groups in total. The molecule has 9 heteroatoms. The summed E-state index contributed by atoms with van der Waals surface area (Å²) in [7, 11) is -3.76. The van der Waals surface area contributed by atoms with Gasteiger partial charge in [0, 0.05) is 29.7 Å². The average molecular weight is 463 g/mol. The SMILES string of the molecule is CC(NCC(=O)Nc1cccc(S(=O)(=O)NC2=NCCCCC2)c1)c1ccc(Cl)cc1. The summed E-state index contributed by atoms with van der Waals surface area (Å²) in [5.41, 5.74) is 1.43. The van der Waals surface area contributed by atoms with E-state index in [1.54, 1.807) is 24.3 Å². The van der Waals surface area contributed by atoms with E-state index in [1.165, 1.54) is 12.1 Å². The van der Waals surface area contributed by atoms with Crippen molar-refractivity contribution in [2.45, 2.75) is 43.5 Å². The second-order valence-corrected chi connectivity index (χ2v) is 9.59. The highest BCUT2D eigenvalue weighted by Crippen LogP contribution is 2.18. The van der Waals surface area contributed by atoms with Gasteiger partial charge in [-0.15, -0.1) is 0 Å². The number of rotatable bonds is 7. The number of hydrogen-bond acceptors (Lipinski definition) is 5. The van der Waals surface area contributed by atoms with Crippen molar-refractivity contribution in [1.82, 2.24) is 10.0 Å². The van der Waals surface area contributed by atoms with E-state index in [2.05, 4.69) is 20.3 Å². The van der Waals surface area contributed by atoms with E-state index in [0.29, 0.717) is 29.5 Å². The van der Waals surface area contributed by atoms with E-state index in [0.717, 1.165) is 24.8 Å². The number of nitrogens with one attached hydrogen (secondary N) is 3. The number of halogens is 1. The lowest BCUT2D eigenvalue weighted by atomic mass is 10.1. The van der Waals surface area contributed by atoms with Gasteiger partial charge >= 0.3 is 0 Å². The maximum Gasteiger partial charge on any atom is 0.262 e. The number of amidine groups is 1. The summed E-state index contributed by atoms with van der Waals surface area (Å²) in [6.45, 7) is 2.66. The number of benzene rings is 2. The van der Waals surface area contributed by atoms with E-state index >= 15 is 0 Å². The normalized spacial score (nSPS) is 15.5. The van der Waals surface area contributed by atoms with Gasteiger partial charge in [-0.2, -0.15) is 0 Å². The molecule has 166 valence electrons. The second-order valence-electron chi connectivity index (χ2n) is 7.47. The van der Waals surface area contributed by atoms with Crippen LogP contribution in [-0.4, -0.2) is 33.3 Å². The van der Waals surface area contributed by atoms with Gasteiger partial charge in [-0.05, 0) is 55.7 Å². The van der Waals surface area contributed by atoms with Gasteiger partial charge in [-0.1, -0.05) is 36.2 Å². The van der Waals surface area contributed by atoms with Gasteiger partial charge in [0.25, 0.3) is 10.0 Å². The summed E-state index contributed by atoms with van der Waals surface area (Å²) in [6, 6.07) is 13.6. The van der Waals surface area contributed by atoms with Gasteiger partial charge in [0.1, 0.15) is 5.84 Å². The molecule has 2 aromatic rings. The fourth-order valence-electron chi connectivity index (χ4n) is 3.23. The number of amides is 1. The molecule has 1 heterocycles. The molecule has 0 fully saturated rings. The first kappa shape index (κ1) is 23.2. The van der Waals surface area contributed by atoms with Crippen LogP contribution in [0.4, 0.5) is 5.69 Å². The Bertz CT molecular complexity index is 1040. The minimum Gasteiger partial charge on any atom is -0.325 e. The van der Waals surface area contributed by atoms with Crippen LogP contribution in [0.2, 0.25) is 5.02 Å². The molecule has 0 spiro atoms. The Labute approximate surface area is 188 Å². The van der Waals surface area contributed by atoms with Crippen LogP contribution in [-0.2, 0) is 14.8 Å². The molecule has 7 nitrogen and oxygen atoms in total. The Balaban J connectivity index is 1.58. The summed E-state index contributed by atoms with van der Waals surface area (Å²) in [5.74, 6) is 0.226. The van der Waals surface area contributed by atoms with Gasteiger partial charge in [-0.3, -0.25) is 14.5 Å². The Morgan fingerprint density at radius 2 is 1.90 bits per heavy atom. The molecule has 1 amide bonds. The zero-order chi connectivity index (χ0) is 22.3. The molecule has 3 rings (SSSR count). The van der Waals surface area contributed by atoms with Crippen molar-refractivity contribution in [2.75, 3.05) is 18.4 Å². The Hall–Kier alpha value is -2.42. The van der Waals surface area contributed by atoms with Crippen molar-refractivity contribution in [3.8, 4) is 0 Å². The predicted molar refractivity (Wildman–Crippen MR) is 124 cm³/mol. The average Bonchev–Trinajstić information content (AvgIpc) is 3.01. The van der Waals surface area contributed by atoms with Crippen LogP contribution < -0.4 is 15.4 Å². The number of nitrogens with zero attached hydrogens (tertiary/aromatic N) is 1. The number of carbonyl (C=O) groups is 1. The van der Waals surface area contributed by atoms with Crippen molar-refractivity contribution >= 4 is 39.1 Å². The Morgan fingerprint density at radius 1 is 1.13 bits per heavy atom. The van der Waals surface area contributed by atoms with E-state index in [-0.39, 0.29) is 23.4 Å². The number of hydrogen-bond donors (Lipinski definition) is 3. The van der Waals surface area contributed by atoms with E-state index in [4.69, 9.17) is 11.6 Å². The van der Waals surface area contributed by atoms with Crippen LogP contribution in [0.15, 0.2) is 58.4 Å². The third kappa shape index (κ3) is 7.05. The van der Waals surface area contributed by atoms with Crippen molar-refractivity contribution < 1.29 is 13.2 Å². The van der Waals surface area contributed by atoms with Crippen molar-refractivity contribution in [3.05, 3.63) is 59.1 Å². The third-order valence-electron chi connectivity index (χ3n) is 4.99. The number of carbonyl (C=O) groups excluding carboxylic acids is 1. The highest BCUT2D eigenvalue weighted by molar-refractivity contribution is 7.90. The van der Waals surface area contributed by atoms with Gasteiger partial charge < -0.3 is 10.6 Å². The molecule has 0 saturated heterocycles. The largest absolute Gasteiger partial charge is 0.325 e. The van der Waals surface area contributed by atoms with E-state index in [1.807, 2.05) is 19.1 Å². The summed E-state index contributed by atoms with van der Waals surface area (Å²) in [4.78, 5) is 16.7. The van der Waals surface area contributed by atoms with E-state index in [9.17, 15) is 13.2 Å². The highest BCUT2D eigenvalue weighted by Gasteiger charge is 2.18. The molecule has 1 aliphatic rings. The molecular weight excluding hydrogens is 436 g/mol. The molecule has 0 bridgehead atoms. The Kier molecular flexibility index (Phi) is 8.06. The third-order valence-corrected chi connectivity index (χ3v) is 6.62. The first-order valence-corrected chi connectivity index (χ1v) is 12.1. The summed E-state index contributed by atoms with van der Waals surface area (Å²) in [6.07, 6.45) is 3.55. The lowest BCUT2D eigenvalue weighted by Gasteiger charge is -2.15. The quantitative estimate of drug-likeness (QED) is 0.581. The molecule has 0 aliphatic carbocycles. The predicted octanol–water partition coefficient (Wildman–Crippen LogP) is 3.88. The van der Waals surface area contributed by atoms with Crippen LogP contribution in [0.1, 0.15) is 44.2 Å². The maximum absolute atomic E-state index is 12.7. The minimum absolute atomic E-state index is 0.0423. The smallest absolute Gasteiger partial charge is 0.262 e. The van der Waals surface area contributed by atoms with Gasteiger partial charge in [0.05, 0.1) is 11.4 Å². The van der Waals surface area contributed by atoms with Gasteiger partial charge in [0.15, 0.2) is 0 Å². The van der Waals surface area contributed by atoms with Crippen LogP contribution in [0.25, 0.3) is 0 Å². The van der Waals surface area contributed by atoms with Crippen molar-refractivity contribution in [1.29, 1.82) is 0 Å². The number of sulfonamides is 1. The molecule has 31 heavy (non-hydrogen) atoms. The summed E-state index contributed by atoms with van der Waals surface area (Å²) >= 11 is 5.90. The maximum atomic E-state index is 12.7. The highest BCUT2D eigenvalue weighted by atomic mass is 35.5. The van der Waals surface area contributed by atoms with Gasteiger partial charge in [-0.25, -0.2) is 8.42 Å². The van der Waals surface area contributed by atoms with Crippen molar-refractivity contribution in [3.63, 3.8) is 0 Å². The zero-order valence-electron chi connectivity index (χ0n) is 17.4. The molecule has 1 aliphatic heterocycles. The molecule has 1 unspecified atom stereocenters. The lowest BCUT2D eigenvalue weighted by Crippen LogP contribution is -2.31. The zero-order valence-corrected chi connectivity index (χ0v) is 19.0. The lowest BCUT2D eigenvalue weighted by molar-refractivity contribution is -0.115.